The van der Waals surface area contributed by atoms with E-state index >= 15 is 0 Å². The summed E-state index contributed by atoms with van der Waals surface area (Å²) in [6.07, 6.45) is 0. The van der Waals surface area contributed by atoms with Gasteiger partial charge >= 0.3 is 11.9 Å². The Morgan fingerprint density at radius 3 is 2.14 bits per heavy atom. The number of ether oxygens (including phenoxy) is 2. The number of benzene rings is 4. The Labute approximate surface area is 215 Å². The minimum atomic E-state index is -3.79. The second-order valence-corrected chi connectivity index (χ2v) is 10.8. The number of carbonyl (C=O) groups excluding carboxylic acids is 2. The normalized spacial score (nSPS) is 13.4. The molecule has 0 N–H and O–H groups in total. The maximum atomic E-state index is 13.6. The van der Waals surface area contributed by atoms with Crippen LogP contribution in [0.25, 0.3) is 21.9 Å². The van der Waals surface area contributed by atoms with Crippen molar-refractivity contribution in [2.75, 3.05) is 14.2 Å². The molecule has 1 aliphatic rings. The van der Waals surface area contributed by atoms with E-state index in [-0.39, 0.29) is 18.0 Å². The first-order valence-electron chi connectivity index (χ1n) is 11.7. The lowest BCUT2D eigenvalue weighted by Crippen LogP contribution is -2.25. The molecule has 7 nitrogen and oxygen atoms in total. The first-order chi connectivity index (χ1) is 17.8. The summed E-state index contributed by atoms with van der Waals surface area (Å²) in [6.45, 7) is 2.15. The van der Waals surface area contributed by atoms with Crippen LogP contribution in [0.3, 0.4) is 0 Å². The summed E-state index contributed by atoms with van der Waals surface area (Å²) in [6, 6.07) is 20.9. The Morgan fingerprint density at radius 1 is 0.784 bits per heavy atom. The lowest BCUT2D eigenvalue weighted by atomic mass is 9.87. The van der Waals surface area contributed by atoms with Crippen LogP contribution in [-0.4, -0.2) is 38.9 Å². The van der Waals surface area contributed by atoms with Crippen LogP contribution in [0.15, 0.2) is 77.7 Å². The summed E-state index contributed by atoms with van der Waals surface area (Å²) < 4.78 is 38.6. The fraction of sp³-hybridized carbons (Fsp3) is 0.172. The molecular weight excluding hydrogens is 490 g/mol. The van der Waals surface area contributed by atoms with E-state index in [0.717, 1.165) is 16.7 Å². The van der Waals surface area contributed by atoms with E-state index in [9.17, 15) is 18.0 Å². The van der Waals surface area contributed by atoms with Gasteiger partial charge in [-0.15, -0.1) is 0 Å². The van der Waals surface area contributed by atoms with Crippen molar-refractivity contribution >= 4 is 32.7 Å². The van der Waals surface area contributed by atoms with Gasteiger partial charge in [0.2, 0.25) is 10.0 Å². The third kappa shape index (κ3) is 4.18. The molecule has 0 spiro atoms. The molecule has 1 aliphatic heterocycles. The molecule has 0 fully saturated rings. The second kappa shape index (κ2) is 9.46. The molecule has 4 aromatic carbocycles. The summed E-state index contributed by atoms with van der Waals surface area (Å²) in [5.41, 5.74) is 4.51. The van der Waals surface area contributed by atoms with E-state index in [1.54, 1.807) is 48.5 Å². The average Bonchev–Trinajstić information content (AvgIpc) is 3.35. The van der Waals surface area contributed by atoms with Crippen LogP contribution in [0.5, 0.6) is 0 Å². The zero-order valence-corrected chi connectivity index (χ0v) is 21.5. The summed E-state index contributed by atoms with van der Waals surface area (Å²) in [5, 5.41) is 1.34. The van der Waals surface area contributed by atoms with Gasteiger partial charge in [-0.2, -0.15) is 4.31 Å². The van der Waals surface area contributed by atoms with Gasteiger partial charge in [-0.3, -0.25) is 0 Å². The van der Waals surface area contributed by atoms with Crippen LogP contribution < -0.4 is 0 Å². The van der Waals surface area contributed by atoms with E-state index in [4.69, 9.17) is 9.47 Å². The van der Waals surface area contributed by atoms with Gasteiger partial charge in [-0.05, 0) is 70.3 Å². The third-order valence-corrected chi connectivity index (χ3v) is 8.54. The van der Waals surface area contributed by atoms with Crippen LogP contribution in [-0.2, 0) is 32.6 Å². The van der Waals surface area contributed by atoms with E-state index < -0.39 is 22.0 Å². The smallest absolute Gasteiger partial charge is 0.338 e. The van der Waals surface area contributed by atoms with Gasteiger partial charge in [0, 0.05) is 13.1 Å². The van der Waals surface area contributed by atoms with Gasteiger partial charge in [0.1, 0.15) is 0 Å². The van der Waals surface area contributed by atoms with Crippen LogP contribution in [0, 0.1) is 6.92 Å². The number of methoxy groups -OCH3 is 2. The second-order valence-electron chi connectivity index (χ2n) is 8.90. The maximum Gasteiger partial charge on any atom is 0.338 e. The number of nitrogens with zero attached hydrogens (tertiary/aromatic N) is 1. The van der Waals surface area contributed by atoms with Gasteiger partial charge < -0.3 is 9.47 Å². The summed E-state index contributed by atoms with van der Waals surface area (Å²) in [5.74, 6) is -1.01. The minimum absolute atomic E-state index is 0.120. The van der Waals surface area contributed by atoms with Crippen molar-refractivity contribution in [1.29, 1.82) is 0 Å². The highest BCUT2D eigenvalue weighted by molar-refractivity contribution is 7.89. The molecule has 0 atom stereocenters. The lowest BCUT2D eigenvalue weighted by Gasteiger charge is -2.18. The molecule has 0 saturated carbocycles. The Morgan fingerprint density at radius 2 is 1.43 bits per heavy atom. The van der Waals surface area contributed by atoms with Crippen molar-refractivity contribution in [3.8, 4) is 11.1 Å². The molecule has 0 radical (unpaired) electrons. The number of hydrogen-bond acceptors (Lipinski definition) is 6. The molecule has 0 bridgehead atoms. The molecule has 0 aromatic heterocycles. The van der Waals surface area contributed by atoms with Crippen molar-refractivity contribution in [1.82, 2.24) is 4.31 Å². The number of hydrogen-bond donors (Lipinski definition) is 0. The highest BCUT2D eigenvalue weighted by atomic mass is 32.2. The van der Waals surface area contributed by atoms with Crippen molar-refractivity contribution in [2.45, 2.75) is 24.9 Å². The standard InChI is InChI=1S/C29H25NO6S/c1-18-11-13-20(14-12-18)37(33,34)30-16-19-15-25-22(9-6-10-24(25)29(32)36-3)27(26(19)17-30)21-7-4-5-8-23(21)28(31)35-2/h4-15H,16-17H2,1-3H3. The molecule has 5 rings (SSSR count). The Hall–Kier alpha value is -4.01. The Bertz CT molecular complexity index is 1660. The van der Waals surface area contributed by atoms with Crippen LogP contribution in [0.2, 0.25) is 0 Å². The molecule has 0 aliphatic carbocycles. The van der Waals surface area contributed by atoms with Crippen LogP contribution in [0.4, 0.5) is 0 Å². The number of esters is 2. The van der Waals surface area contributed by atoms with Crippen molar-refractivity contribution in [3.05, 3.63) is 101 Å². The molecule has 0 unspecified atom stereocenters. The number of sulfonamides is 1. The molecule has 8 heteroatoms. The molecular formula is C29H25NO6S. The van der Waals surface area contributed by atoms with Gasteiger partial charge in [-0.25, -0.2) is 18.0 Å². The summed E-state index contributed by atoms with van der Waals surface area (Å²) in [4.78, 5) is 25.5. The number of fused-ring (bicyclic) bond motifs is 2. The van der Waals surface area contributed by atoms with Crippen LogP contribution >= 0.6 is 0 Å². The number of rotatable bonds is 5. The number of aryl methyl sites for hydroxylation is 1. The van der Waals surface area contributed by atoms with E-state index in [0.29, 0.717) is 33.0 Å². The summed E-state index contributed by atoms with van der Waals surface area (Å²) in [7, 11) is -1.16. The van der Waals surface area contributed by atoms with E-state index in [1.165, 1.54) is 18.5 Å². The lowest BCUT2D eigenvalue weighted by molar-refractivity contribution is 0.0593. The predicted octanol–water partition coefficient (Wildman–Crippen LogP) is 5.09. The van der Waals surface area contributed by atoms with E-state index in [2.05, 4.69) is 0 Å². The maximum absolute atomic E-state index is 13.6. The third-order valence-electron chi connectivity index (χ3n) is 6.73. The van der Waals surface area contributed by atoms with Gasteiger partial charge in [0.05, 0.1) is 30.2 Å². The van der Waals surface area contributed by atoms with Crippen molar-refractivity contribution in [2.24, 2.45) is 0 Å². The fourth-order valence-corrected chi connectivity index (χ4v) is 6.27. The highest BCUT2D eigenvalue weighted by Gasteiger charge is 2.34. The first kappa shape index (κ1) is 24.7. The summed E-state index contributed by atoms with van der Waals surface area (Å²) >= 11 is 0. The molecule has 1 heterocycles. The molecule has 4 aromatic rings. The molecule has 0 saturated heterocycles. The first-order valence-corrected chi connectivity index (χ1v) is 13.1. The van der Waals surface area contributed by atoms with Gasteiger partial charge in [-0.1, -0.05) is 48.0 Å². The molecule has 0 amide bonds. The van der Waals surface area contributed by atoms with E-state index in [1.807, 2.05) is 31.2 Å². The van der Waals surface area contributed by atoms with Gasteiger partial charge in [0.25, 0.3) is 0 Å². The van der Waals surface area contributed by atoms with Gasteiger partial charge in [0.15, 0.2) is 0 Å². The zero-order valence-electron chi connectivity index (χ0n) is 20.6. The largest absolute Gasteiger partial charge is 0.465 e. The molecule has 188 valence electrons. The predicted molar refractivity (Wildman–Crippen MR) is 140 cm³/mol. The minimum Gasteiger partial charge on any atom is -0.465 e. The molecule has 37 heavy (non-hydrogen) atoms. The van der Waals surface area contributed by atoms with Crippen LogP contribution in [0.1, 0.15) is 37.4 Å². The Kier molecular flexibility index (Phi) is 6.31. The number of carbonyl (C=O) groups is 2. The quantitative estimate of drug-likeness (QED) is 0.344. The zero-order chi connectivity index (χ0) is 26.3. The Balaban J connectivity index is 1.77. The SMILES string of the molecule is COC(=O)c1ccccc1-c1c2c(cc3c(C(=O)OC)cccc13)CN(S(=O)(=O)c1ccc(C)cc1)C2. The van der Waals surface area contributed by atoms with Crippen molar-refractivity contribution < 1.29 is 27.5 Å². The highest BCUT2D eigenvalue weighted by Crippen LogP contribution is 2.42. The topological polar surface area (TPSA) is 90.0 Å². The monoisotopic (exact) mass is 515 g/mol. The fourth-order valence-electron chi connectivity index (χ4n) is 4.88. The average molecular weight is 516 g/mol. The van der Waals surface area contributed by atoms with Crippen molar-refractivity contribution in [3.63, 3.8) is 0 Å².